The molecule has 6 nitrogen and oxygen atoms in total. The van der Waals surface area contributed by atoms with Crippen LogP contribution >= 0.6 is 11.3 Å². The van der Waals surface area contributed by atoms with Crippen molar-refractivity contribution in [2.75, 3.05) is 51.2 Å². The zero-order chi connectivity index (χ0) is 21.5. The molecule has 1 saturated heterocycles. The summed E-state index contributed by atoms with van der Waals surface area (Å²) in [6.45, 7) is 6.30. The van der Waals surface area contributed by atoms with Crippen molar-refractivity contribution in [3.8, 4) is 11.8 Å². The predicted molar refractivity (Wildman–Crippen MR) is 124 cm³/mol. The molecule has 1 fully saturated rings. The minimum Gasteiger partial charge on any atom is -0.492 e. The quantitative estimate of drug-likeness (QED) is 0.683. The lowest BCUT2D eigenvalue weighted by Gasteiger charge is -2.34. The Hall–Kier alpha value is -2.40. The Bertz CT molecular complexity index is 914. The van der Waals surface area contributed by atoms with Crippen LogP contribution in [0.4, 0.5) is 5.00 Å². The number of carbonyl (C=O) groups excluding carboxylic acids is 1. The third kappa shape index (κ3) is 5.85. The standard InChI is InChI=1S/C24H30N4O2S/c25-18-21-20-8-4-5-9-22(20)31-24(21)26-23(29)10-11-27-12-14-28(15-13-27)16-17-30-19-6-2-1-3-7-19/h1-3,6-7H,4-5,8-17H2,(H,26,29). The molecular formula is C24H30N4O2S. The molecule has 7 heteroatoms. The Morgan fingerprint density at radius 2 is 1.77 bits per heavy atom. The van der Waals surface area contributed by atoms with Crippen molar-refractivity contribution in [1.29, 1.82) is 5.26 Å². The molecule has 2 aromatic rings. The number of amides is 1. The monoisotopic (exact) mass is 438 g/mol. The lowest BCUT2D eigenvalue weighted by atomic mass is 9.96. The highest BCUT2D eigenvalue weighted by atomic mass is 32.1. The second kappa shape index (κ2) is 10.8. The summed E-state index contributed by atoms with van der Waals surface area (Å²) in [6, 6.07) is 12.2. The summed E-state index contributed by atoms with van der Waals surface area (Å²) in [5.41, 5.74) is 1.86. The molecule has 0 radical (unpaired) electrons. The number of aryl methyl sites for hydroxylation is 1. The number of carbonyl (C=O) groups is 1. The summed E-state index contributed by atoms with van der Waals surface area (Å²) in [5, 5.41) is 13.3. The zero-order valence-electron chi connectivity index (χ0n) is 17.9. The predicted octanol–water partition coefficient (Wildman–Crippen LogP) is 3.52. The smallest absolute Gasteiger partial charge is 0.226 e. The number of benzene rings is 1. The van der Waals surface area contributed by atoms with Crippen LogP contribution in [0.5, 0.6) is 5.75 Å². The molecule has 1 amide bonds. The zero-order valence-corrected chi connectivity index (χ0v) is 18.8. The van der Waals surface area contributed by atoms with Gasteiger partial charge in [-0.1, -0.05) is 18.2 Å². The van der Waals surface area contributed by atoms with E-state index in [1.54, 1.807) is 11.3 Å². The highest BCUT2D eigenvalue weighted by Crippen LogP contribution is 2.37. The highest BCUT2D eigenvalue weighted by Gasteiger charge is 2.22. The molecule has 0 spiro atoms. The van der Waals surface area contributed by atoms with Gasteiger partial charge in [0.15, 0.2) is 0 Å². The summed E-state index contributed by atoms with van der Waals surface area (Å²) in [7, 11) is 0. The maximum atomic E-state index is 12.5. The van der Waals surface area contributed by atoms with Gasteiger partial charge in [-0.25, -0.2) is 0 Å². The van der Waals surface area contributed by atoms with Crippen molar-refractivity contribution in [2.24, 2.45) is 0 Å². The fraction of sp³-hybridized carbons (Fsp3) is 0.500. The first-order valence-corrected chi connectivity index (χ1v) is 12.0. The van der Waals surface area contributed by atoms with E-state index >= 15 is 0 Å². The number of para-hydroxylation sites is 1. The number of piperazine rings is 1. The summed E-state index contributed by atoms with van der Waals surface area (Å²) in [4.78, 5) is 18.5. The molecule has 1 aliphatic carbocycles. The van der Waals surface area contributed by atoms with Gasteiger partial charge in [-0.05, 0) is 43.4 Å². The first-order chi connectivity index (χ1) is 15.2. The Balaban J connectivity index is 1.16. The topological polar surface area (TPSA) is 68.6 Å². The van der Waals surface area contributed by atoms with Crippen LogP contribution in [0.1, 0.15) is 35.3 Å². The van der Waals surface area contributed by atoms with E-state index in [1.165, 1.54) is 16.9 Å². The molecule has 1 aromatic carbocycles. The van der Waals surface area contributed by atoms with Crippen LogP contribution in [0.2, 0.25) is 0 Å². The lowest BCUT2D eigenvalue weighted by molar-refractivity contribution is -0.116. The van der Waals surface area contributed by atoms with Crippen LogP contribution in [0.25, 0.3) is 0 Å². The van der Waals surface area contributed by atoms with E-state index in [2.05, 4.69) is 21.2 Å². The van der Waals surface area contributed by atoms with Gasteiger partial charge in [0.05, 0.1) is 5.56 Å². The fourth-order valence-electron chi connectivity index (χ4n) is 4.27. The molecule has 0 saturated carbocycles. The number of ether oxygens (including phenoxy) is 1. The van der Waals surface area contributed by atoms with Crippen molar-refractivity contribution < 1.29 is 9.53 Å². The number of rotatable bonds is 8. The largest absolute Gasteiger partial charge is 0.492 e. The molecule has 164 valence electrons. The van der Waals surface area contributed by atoms with Gasteiger partial charge < -0.3 is 15.0 Å². The number of nitriles is 1. The Morgan fingerprint density at radius 3 is 2.52 bits per heavy atom. The van der Waals surface area contributed by atoms with Crippen LogP contribution in [0.3, 0.4) is 0 Å². The van der Waals surface area contributed by atoms with Gasteiger partial charge >= 0.3 is 0 Å². The molecule has 31 heavy (non-hydrogen) atoms. The normalized spacial score (nSPS) is 17.0. The fourth-order valence-corrected chi connectivity index (χ4v) is 5.52. The van der Waals surface area contributed by atoms with Gasteiger partial charge in [0.1, 0.15) is 23.4 Å². The number of hydrogen-bond acceptors (Lipinski definition) is 6. The third-order valence-electron chi connectivity index (χ3n) is 6.08. The van der Waals surface area contributed by atoms with Crippen molar-refractivity contribution in [1.82, 2.24) is 9.80 Å². The van der Waals surface area contributed by atoms with E-state index < -0.39 is 0 Å². The van der Waals surface area contributed by atoms with Gasteiger partial charge in [-0.15, -0.1) is 11.3 Å². The summed E-state index contributed by atoms with van der Waals surface area (Å²) in [6.07, 6.45) is 4.77. The molecule has 2 aliphatic rings. The van der Waals surface area contributed by atoms with Crippen LogP contribution in [-0.4, -0.2) is 61.6 Å². The Morgan fingerprint density at radius 1 is 1.06 bits per heavy atom. The van der Waals surface area contributed by atoms with E-state index in [9.17, 15) is 10.1 Å². The SMILES string of the molecule is N#Cc1c(NC(=O)CCN2CCN(CCOc3ccccc3)CC2)sc2c1CCCC2. The molecule has 1 aliphatic heterocycles. The van der Waals surface area contributed by atoms with Crippen LogP contribution in [0, 0.1) is 11.3 Å². The van der Waals surface area contributed by atoms with Gasteiger partial charge in [-0.2, -0.15) is 5.26 Å². The van der Waals surface area contributed by atoms with E-state index in [0.717, 1.165) is 69.3 Å². The van der Waals surface area contributed by atoms with Crippen molar-refractivity contribution in [3.05, 3.63) is 46.3 Å². The second-order valence-electron chi connectivity index (χ2n) is 8.17. The molecule has 1 N–H and O–H groups in total. The number of anilines is 1. The Kier molecular flexibility index (Phi) is 7.57. The molecular weight excluding hydrogens is 408 g/mol. The average Bonchev–Trinajstić information content (AvgIpc) is 3.16. The maximum absolute atomic E-state index is 12.5. The van der Waals surface area contributed by atoms with E-state index in [1.807, 2.05) is 30.3 Å². The molecule has 2 heterocycles. The Labute approximate surface area is 188 Å². The van der Waals surface area contributed by atoms with Crippen molar-refractivity contribution >= 4 is 22.2 Å². The third-order valence-corrected chi connectivity index (χ3v) is 7.28. The second-order valence-corrected chi connectivity index (χ2v) is 9.27. The molecule has 0 unspecified atom stereocenters. The molecule has 0 bridgehead atoms. The number of thiophene rings is 1. The van der Waals surface area contributed by atoms with Crippen LogP contribution in [-0.2, 0) is 17.6 Å². The van der Waals surface area contributed by atoms with Crippen LogP contribution in [0.15, 0.2) is 30.3 Å². The maximum Gasteiger partial charge on any atom is 0.226 e. The first-order valence-electron chi connectivity index (χ1n) is 11.2. The first kappa shape index (κ1) is 21.8. The van der Waals surface area contributed by atoms with Crippen LogP contribution < -0.4 is 10.1 Å². The van der Waals surface area contributed by atoms with Gasteiger partial charge in [0, 0.05) is 50.6 Å². The summed E-state index contributed by atoms with van der Waals surface area (Å²) in [5.74, 6) is 0.923. The molecule has 0 atom stereocenters. The molecule has 1 aromatic heterocycles. The number of nitrogens with zero attached hydrogens (tertiary/aromatic N) is 3. The van der Waals surface area contributed by atoms with Gasteiger partial charge in [0.25, 0.3) is 0 Å². The minimum atomic E-state index is 0.00814. The minimum absolute atomic E-state index is 0.00814. The van der Waals surface area contributed by atoms with Crippen molar-refractivity contribution in [3.63, 3.8) is 0 Å². The van der Waals surface area contributed by atoms with E-state index in [-0.39, 0.29) is 5.91 Å². The van der Waals surface area contributed by atoms with Gasteiger partial charge in [-0.3, -0.25) is 9.69 Å². The average molecular weight is 439 g/mol. The number of nitrogens with one attached hydrogen (secondary N) is 1. The molecule has 4 rings (SSSR count). The van der Waals surface area contributed by atoms with Crippen molar-refractivity contribution in [2.45, 2.75) is 32.1 Å². The summed E-state index contributed by atoms with van der Waals surface area (Å²) >= 11 is 1.60. The number of fused-ring (bicyclic) bond motifs is 1. The van der Waals surface area contributed by atoms with E-state index in [4.69, 9.17) is 4.74 Å². The summed E-state index contributed by atoms with van der Waals surface area (Å²) < 4.78 is 5.79. The van der Waals surface area contributed by atoms with E-state index in [0.29, 0.717) is 18.6 Å². The highest BCUT2D eigenvalue weighted by molar-refractivity contribution is 7.16. The number of hydrogen-bond donors (Lipinski definition) is 1. The lowest BCUT2D eigenvalue weighted by Crippen LogP contribution is -2.48. The van der Waals surface area contributed by atoms with Gasteiger partial charge in [0.2, 0.25) is 5.91 Å².